The summed E-state index contributed by atoms with van der Waals surface area (Å²) in [6, 6.07) is 5.72. The molecule has 1 unspecified atom stereocenters. The molecule has 0 bridgehead atoms. The number of thioether (sulfide) groups is 1. The quantitative estimate of drug-likeness (QED) is 0.349. The van der Waals surface area contributed by atoms with Crippen LogP contribution in [0.5, 0.6) is 0 Å². The van der Waals surface area contributed by atoms with Crippen LogP contribution in [0.4, 0.5) is 5.69 Å². The van der Waals surface area contributed by atoms with E-state index in [-0.39, 0.29) is 24.0 Å². The Hall–Kier alpha value is -2.39. The molecule has 8 nitrogen and oxygen atoms in total. The van der Waals surface area contributed by atoms with E-state index >= 15 is 0 Å². The Labute approximate surface area is 142 Å². The molecule has 0 radical (unpaired) electrons. The summed E-state index contributed by atoms with van der Waals surface area (Å²) in [6.45, 7) is 1.98. The first-order valence-electron chi connectivity index (χ1n) is 7.21. The van der Waals surface area contributed by atoms with Crippen LogP contribution in [0.2, 0.25) is 0 Å². The molecule has 24 heavy (non-hydrogen) atoms. The number of benzene rings is 1. The highest BCUT2D eigenvalue weighted by molar-refractivity contribution is 8.14. The van der Waals surface area contributed by atoms with Gasteiger partial charge in [0.15, 0.2) is 5.17 Å². The maximum Gasteiger partial charge on any atom is 0.332 e. The highest BCUT2D eigenvalue weighted by atomic mass is 32.2. The zero-order valence-electron chi connectivity index (χ0n) is 13.0. The Morgan fingerprint density at radius 3 is 3.04 bits per heavy atom. The summed E-state index contributed by atoms with van der Waals surface area (Å²) in [5.74, 6) is -0.0723. The van der Waals surface area contributed by atoms with Gasteiger partial charge >= 0.3 is 5.97 Å². The first-order chi connectivity index (χ1) is 11.4. The number of aliphatic hydroxyl groups excluding tert-OH is 1. The number of hydrogen-bond acceptors (Lipinski definition) is 7. The first-order valence-corrected chi connectivity index (χ1v) is 8.19. The van der Waals surface area contributed by atoms with Crippen LogP contribution in [-0.4, -0.2) is 45.0 Å². The Kier molecular flexibility index (Phi) is 5.93. The van der Waals surface area contributed by atoms with E-state index in [0.717, 1.165) is 0 Å². The Morgan fingerprint density at radius 1 is 1.62 bits per heavy atom. The lowest BCUT2D eigenvalue weighted by Crippen LogP contribution is -2.28. The van der Waals surface area contributed by atoms with Crippen molar-refractivity contribution in [1.82, 2.24) is 4.90 Å². The van der Waals surface area contributed by atoms with Crippen LogP contribution in [0.3, 0.4) is 0 Å². The number of nitro benzene ring substituents is 1. The molecule has 1 fully saturated rings. The zero-order chi connectivity index (χ0) is 17.7. The molecule has 0 amide bonds. The highest BCUT2D eigenvalue weighted by Gasteiger charge is 2.27. The number of rotatable bonds is 6. The largest absolute Gasteiger partial charge is 0.463 e. The van der Waals surface area contributed by atoms with Crippen molar-refractivity contribution in [3.8, 4) is 0 Å². The van der Waals surface area contributed by atoms with Crippen molar-refractivity contribution >= 4 is 28.6 Å². The second kappa shape index (κ2) is 7.93. The number of carbonyl (C=O) groups is 1. The van der Waals surface area contributed by atoms with Crippen molar-refractivity contribution in [2.45, 2.75) is 13.0 Å². The molecule has 0 aromatic heterocycles. The molecule has 1 heterocycles. The van der Waals surface area contributed by atoms with Crippen LogP contribution in [0, 0.1) is 15.5 Å². The molecular formula is C15H17N3O5S. The van der Waals surface area contributed by atoms with E-state index in [4.69, 9.17) is 10.1 Å². The minimum absolute atomic E-state index is 0.0260. The zero-order valence-corrected chi connectivity index (χ0v) is 13.8. The van der Waals surface area contributed by atoms with Crippen LogP contribution in [0.15, 0.2) is 36.0 Å². The smallest absolute Gasteiger partial charge is 0.332 e. The van der Waals surface area contributed by atoms with Crippen molar-refractivity contribution in [3.05, 3.63) is 51.7 Å². The summed E-state index contributed by atoms with van der Waals surface area (Å²) in [7, 11) is 0. The summed E-state index contributed by atoms with van der Waals surface area (Å²) < 4.78 is 4.86. The molecule has 0 aliphatic carbocycles. The lowest BCUT2D eigenvalue weighted by atomic mass is 10.1. The van der Waals surface area contributed by atoms with Crippen molar-refractivity contribution in [2.75, 3.05) is 18.9 Å². The fraction of sp³-hybridized carbons (Fsp3) is 0.333. The molecule has 128 valence electrons. The van der Waals surface area contributed by atoms with E-state index in [0.29, 0.717) is 17.0 Å². The van der Waals surface area contributed by atoms with Gasteiger partial charge in [0.2, 0.25) is 0 Å². The fourth-order valence-electron chi connectivity index (χ4n) is 2.19. The molecule has 1 aliphatic heterocycles. The van der Waals surface area contributed by atoms with Crippen LogP contribution in [-0.2, 0) is 9.53 Å². The summed E-state index contributed by atoms with van der Waals surface area (Å²) in [5.41, 5.74) is 0.831. The second-order valence-electron chi connectivity index (χ2n) is 4.96. The van der Waals surface area contributed by atoms with Gasteiger partial charge in [-0.2, -0.15) is 0 Å². The lowest BCUT2D eigenvalue weighted by Gasteiger charge is -2.22. The van der Waals surface area contributed by atoms with Crippen molar-refractivity contribution in [3.63, 3.8) is 0 Å². The molecule has 1 saturated heterocycles. The van der Waals surface area contributed by atoms with Crippen molar-refractivity contribution in [1.29, 1.82) is 5.41 Å². The third-order valence-corrected chi connectivity index (χ3v) is 4.27. The average Bonchev–Trinajstić information content (AvgIpc) is 2.88. The number of amidine groups is 1. The topological polar surface area (TPSA) is 117 Å². The van der Waals surface area contributed by atoms with E-state index in [1.54, 1.807) is 13.0 Å². The van der Waals surface area contributed by atoms with Crippen molar-refractivity contribution in [2.24, 2.45) is 0 Å². The van der Waals surface area contributed by atoms with Gasteiger partial charge in [-0.3, -0.25) is 15.5 Å². The number of nitro groups is 1. The van der Waals surface area contributed by atoms with Gasteiger partial charge in [-0.25, -0.2) is 4.79 Å². The molecule has 1 aromatic carbocycles. The molecule has 2 N–H and O–H groups in total. The van der Waals surface area contributed by atoms with Gasteiger partial charge in [-0.15, -0.1) is 0 Å². The maximum atomic E-state index is 11.6. The van der Waals surface area contributed by atoms with Gasteiger partial charge in [-0.05, 0) is 12.5 Å². The molecule has 1 atom stereocenters. The standard InChI is InChI=1S/C15H17N3O5S/c1-2-23-14(20)7-12-9-24-15(16)17(12)8-13(19)10-4-3-5-11(6-10)18(21)22/h3-7,13,16,19H,2,8-9H2,1H3/b12-7+,16-15?. The minimum Gasteiger partial charge on any atom is -0.463 e. The molecule has 9 heteroatoms. The number of β-amino-alcohol motifs (C(OH)–C–C–N with tert-alkyl or cyclic N) is 1. The highest BCUT2D eigenvalue weighted by Crippen LogP contribution is 2.29. The van der Waals surface area contributed by atoms with Gasteiger partial charge in [0.25, 0.3) is 5.69 Å². The predicted molar refractivity (Wildman–Crippen MR) is 89.7 cm³/mol. The third-order valence-electron chi connectivity index (χ3n) is 3.34. The van der Waals surface area contributed by atoms with Gasteiger partial charge in [-0.1, -0.05) is 23.9 Å². The van der Waals surface area contributed by atoms with E-state index in [1.807, 2.05) is 0 Å². The molecule has 1 aliphatic rings. The Morgan fingerprint density at radius 2 is 2.38 bits per heavy atom. The number of nitrogens with one attached hydrogen (secondary N) is 1. The molecule has 2 rings (SSSR count). The van der Waals surface area contributed by atoms with E-state index in [2.05, 4.69) is 0 Å². The van der Waals surface area contributed by atoms with Crippen molar-refractivity contribution < 1.29 is 19.6 Å². The van der Waals surface area contributed by atoms with E-state index in [1.165, 1.54) is 40.9 Å². The number of ether oxygens (including phenoxy) is 1. The third kappa shape index (κ3) is 4.33. The number of esters is 1. The molecular weight excluding hydrogens is 334 g/mol. The minimum atomic E-state index is -1.03. The Bertz CT molecular complexity index is 691. The number of non-ortho nitro benzene ring substituents is 1. The second-order valence-corrected chi connectivity index (χ2v) is 5.92. The summed E-state index contributed by atoms with van der Waals surface area (Å²) in [4.78, 5) is 23.4. The van der Waals surface area contributed by atoms with Gasteiger partial charge < -0.3 is 14.7 Å². The maximum absolute atomic E-state index is 11.6. The van der Waals surface area contributed by atoms with E-state index < -0.39 is 17.0 Å². The number of hydrogen-bond donors (Lipinski definition) is 2. The summed E-state index contributed by atoms with van der Waals surface area (Å²) in [5, 5.41) is 29.3. The monoisotopic (exact) mass is 351 g/mol. The normalized spacial score (nSPS) is 17.2. The summed E-state index contributed by atoms with van der Waals surface area (Å²) >= 11 is 1.23. The summed E-state index contributed by atoms with van der Waals surface area (Å²) in [6.07, 6.45) is 0.271. The van der Waals surface area contributed by atoms with Gasteiger partial charge in [0.1, 0.15) is 0 Å². The lowest BCUT2D eigenvalue weighted by molar-refractivity contribution is -0.385. The van der Waals surface area contributed by atoms with Crippen LogP contribution in [0.25, 0.3) is 0 Å². The SMILES string of the molecule is CCOC(=O)/C=C1\CSC(=N)N1CC(O)c1cccc([N+](=O)[O-])c1. The van der Waals surface area contributed by atoms with Crippen LogP contribution < -0.4 is 0 Å². The Balaban J connectivity index is 2.15. The first kappa shape index (κ1) is 18.0. The van der Waals surface area contributed by atoms with Gasteiger partial charge in [0, 0.05) is 29.7 Å². The fourth-order valence-corrected chi connectivity index (χ4v) is 3.06. The van der Waals surface area contributed by atoms with Gasteiger partial charge in [0.05, 0.1) is 24.2 Å². The number of nitrogens with zero attached hydrogens (tertiary/aromatic N) is 2. The molecule has 0 spiro atoms. The number of carbonyl (C=O) groups excluding carboxylic acids is 1. The van der Waals surface area contributed by atoms with E-state index in [9.17, 15) is 20.0 Å². The van der Waals surface area contributed by atoms with Crippen LogP contribution >= 0.6 is 11.8 Å². The van der Waals surface area contributed by atoms with Crippen LogP contribution in [0.1, 0.15) is 18.6 Å². The average molecular weight is 351 g/mol. The molecule has 0 saturated carbocycles. The molecule has 1 aromatic rings. The predicted octanol–water partition coefficient (Wildman–Crippen LogP) is 2.06. The number of aliphatic hydroxyl groups is 1.